The van der Waals surface area contributed by atoms with Crippen molar-refractivity contribution in [2.24, 2.45) is 35.4 Å². The van der Waals surface area contributed by atoms with E-state index in [4.69, 9.17) is 5.84 Å². The van der Waals surface area contributed by atoms with Crippen molar-refractivity contribution in [3.8, 4) is 0 Å². The monoisotopic (exact) mass is 274 g/mol. The Morgan fingerprint density at radius 2 is 1.85 bits per heavy atom. The van der Waals surface area contributed by atoms with Gasteiger partial charge in [-0.05, 0) is 61.7 Å². The standard InChI is InChI=1S/C15H22N4O/c16-19(14-6-15(20)18-8-17-14)7-13-11-2-9-1-10(4-11)5-12(13)3-9/h6,8-13H,1-5,7,16H2,(H,17,18,20). The zero-order valence-corrected chi connectivity index (χ0v) is 11.7. The molecule has 4 saturated carbocycles. The van der Waals surface area contributed by atoms with Crippen molar-refractivity contribution in [1.29, 1.82) is 0 Å². The van der Waals surface area contributed by atoms with E-state index in [0.717, 1.165) is 30.2 Å². The third kappa shape index (κ3) is 2.04. The fraction of sp³-hybridized carbons (Fsp3) is 0.733. The summed E-state index contributed by atoms with van der Waals surface area (Å²) in [5.74, 6) is 11.1. The minimum Gasteiger partial charge on any atom is -0.313 e. The summed E-state index contributed by atoms with van der Waals surface area (Å²) in [6, 6.07) is 1.48. The molecule has 0 atom stereocenters. The number of nitrogens with zero attached hydrogens (tertiary/aromatic N) is 2. The molecular weight excluding hydrogens is 252 g/mol. The first-order valence-electron chi connectivity index (χ1n) is 7.76. The molecule has 4 fully saturated rings. The molecule has 1 aromatic heterocycles. The highest BCUT2D eigenvalue weighted by Crippen LogP contribution is 2.56. The lowest BCUT2D eigenvalue weighted by atomic mass is 9.52. The van der Waals surface area contributed by atoms with Crippen LogP contribution in [0.5, 0.6) is 0 Å². The highest BCUT2D eigenvalue weighted by molar-refractivity contribution is 5.34. The molecule has 4 aliphatic rings. The summed E-state index contributed by atoms with van der Waals surface area (Å²) in [7, 11) is 0. The van der Waals surface area contributed by atoms with Crippen LogP contribution in [0.4, 0.5) is 5.82 Å². The molecule has 0 saturated heterocycles. The van der Waals surface area contributed by atoms with Crippen LogP contribution in [0, 0.1) is 29.6 Å². The van der Waals surface area contributed by atoms with Gasteiger partial charge in [-0.2, -0.15) is 0 Å². The second-order valence-electron chi connectivity index (χ2n) is 7.02. The summed E-state index contributed by atoms with van der Waals surface area (Å²) in [5.41, 5.74) is -0.143. The maximum Gasteiger partial charge on any atom is 0.252 e. The van der Waals surface area contributed by atoms with Crippen LogP contribution in [0.3, 0.4) is 0 Å². The molecule has 20 heavy (non-hydrogen) atoms. The topological polar surface area (TPSA) is 75.0 Å². The highest BCUT2D eigenvalue weighted by atomic mass is 16.1. The lowest BCUT2D eigenvalue weighted by Crippen LogP contribution is -2.50. The van der Waals surface area contributed by atoms with Crippen molar-refractivity contribution in [2.75, 3.05) is 11.6 Å². The van der Waals surface area contributed by atoms with E-state index in [1.807, 2.05) is 0 Å². The van der Waals surface area contributed by atoms with E-state index in [2.05, 4.69) is 9.97 Å². The molecule has 5 nitrogen and oxygen atoms in total. The SMILES string of the molecule is NN(CC1C2CC3CC(C2)CC1C3)c1cc(=O)[nH]cn1. The molecular formula is C15H22N4O. The van der Waals surface area contributed by atoms with Gasteiger partial charge < -0.3 is 4.98 Å². The van der Waals surface area contributed by atoms with Crippen LogP contribution in [0.25, 0.3) is 0 Å². The first kappa shape index (κ1) is 12.4. The average molecular weight is 274 g/mol. The summed E-state index contributed by atoms with van der Waals surface area (Å²) in [5, 5.41) is 1.68. The zero-order valence-electron chi connectivity index (χ0n) is 11.7. The molecule has 1 heterocycles. The molecule has 4 aliphatic carbocycles. The lowest BCUT2D eigenvalue weighted by molar-refractivity contribution is -0.0329. The third-order valence-electron chi connectivity index (χ3n) is 5.79. The maximum atomic E-state index is 11.4. The molecule has 5 heteroatoms. The molecule has 3 N–H and O–H groups in total. The Bertz CT molecular complexity index is 527. The van der Waals surface area contributed by atoms with Gasteiger partial charge >= 0.3 is 0 Å². The van der Waals surface area contributed by atoms with Gasteiger partial charge in [-0.15, -0.1) is 0 Å². The first-order valence-corrected chi connectivity index (χ1v) is 7.76. The number of aromatic nitrogens is 2. The van der Waals surface area contributed by atoms with Crippen LogP contribution in [0.1, 0.15) is 32.1 Å². The number of hydrazine groups is 1. The predicted molar refractivity (Wildman–Crippen MR) is 76.9 cm³/mol. The quantitative estimate of drug-likeness (QED) is 0.647. The fourth-order valence-corrected chi connectivity index (χ4v) is 5.17. The number of nitrogens with two attached hydrogens (primary N) is 1. The molecule has 5 rings (SSSR count). The molecule has 0 amide bonds. The van der Waals surface area contributed by atoms with E-state index in [1.54, 1.807) is 5.01 Å². The second-order valence-corrected chi connectivity index (χ2v) is 7.02. The number of hydrogen-bond acceptors (Lipinski definition) is 4. The van der Waals surface area contributed by atoms with Crippen molar-refractivity contribution in [3.05, 3.63) is 22.7 Å². The van der Waals surface area contributed by atoms with Gasteiger partial charge in [0.15, 0.2) is 0 Å². The van der Waals surface area contributed by atoms with Crippen LogP contribution in [0.15, 0.2) is 17.2 Å². The van der Waals surface area contributed by atoms with Crippen LogP contribution in [-0.4, -0.2) is 16.5 Å². The molecule has 0 spiro atoms. The van der Waals surface area contributed by atoms with Gasteiger partial charge in [-0.25, -0.2) is 10.8 Å². The van der Waals surface area contributed by atoms with Gasteiger partial charge in [-0.3, -0.25) is 9.80 Å². The number of anilines is 1. The summed E-state index contributed by atoms with van der Waals surface area (Å²) >= 11 is 0. The number of rotatable bonds is 3. The number of nitrogens with one attached hydrogen (secondary N) is 1. The van der Waals surface area contributed by atoms with Gasteiger partial charge in [0.25, 0.3) is 5.56 Å². The van der Waals surface area contributed by atoms with Crippen LogP contribution < -0.4 is 16.4 Å². The van der Waals surface area contributed by atoms with Gasteiger partial charge in [0.05, 0.1) is 6.33 Å². The largest absolute Gasteiger partial charge is 0.313 e. The van der Waals surface area contributed by atoms with E-state index in [0.29, 0.717) is 11.7 Å². The summed E-state index contributed by atoms with van der Waals surface area (Å²) < 4.78 is 0. The normalized spacial score (nSPS) is 38.1. The molecule has 0 aliphatic heterocycles. The second kappa shape index (κ2) is 4.58. The Morgan fingerprint density at radius 1 is 1.20 bits per heavy atom. The van der Waals surface area contributed by atoms with E-state index >= 15 is 0 Å². The van der Waals surface area contributed by atoms with Crippen molar-refractivity contribution < 1.29 is 0 Å². The Hall–Kier alpha value is -1.36. The minimum absolute atomic E-state index is 0.143. The highest BCUT2D eigenvalue weighted by Gasteiger charge is 2.48. The fourth-order valence-electron chi connectivity index (χ4n) is 5.17. The number of H-pyrrole nitrogens is 1. The smallest absolute Gasteiger partial charge is 0.252 e. The van der Waals surface area contributed by atoms with Gasteiger partial charge in [0.1, 0.15) is 5.82 Å². The Morgan fingerprint density at radius 3 is 2.45 bits per heavy atom. The number of hydrogen-bond donors (Lipinski definition) is 2. The van der Waals surface area contributed by atoms with Crippen LogP contribution in [0.2, 0.25) is 0 Å². The third-order valence-corrected chi connectivity index (χ3v) is 5.79. The van der Waals surface area contributed by atoms with Crippen LogP contribution in [-0.2, 0) is 0 Å². The number of aromatic amines is 1. The van der Waals surface area contributed by atoms with Crippen molar-refractivity contribution >= 4 is 5.82 Å². The molecule has 0 aromatic carbocycles. The maximum absolute atomic E-state index is 11.4. The summed E-state index contributed by atoms with van der Waals surface area (Å²) in [6.07, 6.45) is 8.49. The Balaban J connectivity index is 1.50. The molecule has 0 unspecified atom stereocenters. The van der Waals surface area contributed by atoms with Crippen molar-refractivity contribution in [2.45, 2.75) is 32.1 Å². The van der Waals surface area contributed by atoms with Gasteiger partial charge in [-0.1, -0.05) is 0 Å². The predicted octanol–water partition coefficient (Wildman–Crippen LogP) is 1.52. The minimum atomic E-state index is -0.143. The zero-order chi connectivity index (χ0) is 13.7. The molecule has 4 bridgehead atoms. The summed E-state index contributed by atoms with van der Waals surface area (Å²) in [4.78, 5) is 18.1. The molecule has 0 radical (unpaired) electrons. The molecule has 1 aromatic rings. The van der Waals surface area contributed by atoms with Crippen molar-refractivity contribution in [3.63, 3.8) is 0 Å². The van der Waals surface area contributed by atoms with E-state index in [-0.39, 0.29) is 5.56 Å². The summed E-state index contributed by atoms with van der Waals surface area (Å²) in [6.45, 7) is 0.839. The van der Waals surface area contributed by atoms with E-state index < -0.39 is 0 Å². The van der Waals surface area contributed by atoms with Gasteiger partial charge in [0.2, 0.25) is 0 Å². The van der Waals surface area contributed by atoms with Crippen LogP contribution >= 0.6 is 0 Å². The van der Waals surface area contributed by atoms with Gasteiger partial charge in [0, 0.05) is 12.6 Å². The Kier molecular flexibility index (Phi) is 2.84. The molecule has 108 valence electrons. The first-order chi connectivity index (χ1) is 9.69. The average Bonchev–Trinajstić information content (AvgIpc) is 2.42. The van der Waals surface area contributed by atoms with E-state index in [1.165, 1.54) is 44.5 Å². The lowest BCUT2D eigenvalue weighted by Gasteiger charge is -2.55. The van der Waals surface area contributed by atoms with Crippen molar-refractivity contribution in [1.82, 2.24) is 9.97 Å². The van der Waals surface area contributed by atoms with E-state index in [9.17, 15) is 4.79 Å². The Labute approximate surface area is 118 Å².